The first-order valence-corrected chi connectivity index (χ1v) is 6.60. The predicted octanol–water partition coefficient (Wildman–Crippen LogP) is 2.25. The molecule has 0 aliphatic carbocycles. The molecule has 1 N–H and O–H groups in total. The first-order valence-electron chi connectivity index (χ1n) is 6.60. The highest BCUT2D eigenvalue weighted by Crippen LogP contribution is 2.12. The van der Waals surface area contributed by atoms with Crippen LogP contribution in [0.5, 0.6) is 0 Å². The molecule has 1 heterocycles. The van der Waals surface area contributed by atoms with Gasteiger partial charge in [-0.25, -0.2) is 0 Å². The zero-order chi connectivity index (χ0) is 13.4. The van der Waals surface area contributed by atoms with Crippen LogP contribution in [0.3, 0.4) is 0 Å². The highest BCUT2D eigenvalue weighted by atomic mass is 16.5. The highest BCUT2D eigenvalue weighted by Gasteiger charge is 2.06. The van der Waals surface area contributed by atoms with Gasteiger partial charge in [0.05, 0.1) is 19.4 Å². The van der Waals surface area contributed by atoms with E-state index < -0.39 is 0 Å². The van der Waals surface area contributed by atoms with Gasteiger partial charge in [0.2, 0.25) is 0 Å². The van der Waals surface area contributed by atoms with Gasteiger partial charge in [-0.1, -0.05) is 13.8 Å². The summed E-state index contributed by atoms with van der Waals surface area (Å²) in [7, 11) is 4.15. The molecule has 1 rings (SSSR count). The normalized spacial score (nSPS) is 11.7. The molecule has 0 aliphatic rings. The van der Waals surface area contributed by atoms with Crippen LogP contribution in [0, 0.1) is 0 Å². The minimum atomic E-state index is 0.462. The van der Waals surface area contributed by atoms with Gasteiger partial charge >= 0.3 is 0 Å². The van der Waals surface area contributed by atoms with E-state index in [1.165, 1.54) is 0 Å². The summed E-state index contributed by atoms with van der Waals surface area (Å²) in [5, 5.41) is 3.35. The van der Waals surface area contributed by atoms with Gasteiger partial charge in [0, 0.05) is 18.2 Å². The lowest BCUT2D eigenvalue weighted by molar-refractivity contribution is 0.112. The second kappa shape index (κ2) is 8.29. The number of ether oxygens (including phenoxy) is 1. The molecule has 104 valence electrons. The number of hydrogen-bond donors (Lipinski definition) is 1. The SMILES string of the molecule is CC(C)NCc1occc1COCCCN(C)C. The molecule has 18 heavy (non-hydrogen) atoms. The second-order valence-electron chi connectivity index (χ2n) is 5.11. The van der Waals surface area contributed by atoms with E-state index in [9.17, 15) is 0 Å². The van der Waals surface area contributed by atoms with Gasteiger partial charge in [-0.3, -0.25) is 0 Å². The fourth-order valence-corrected chi connectivity index (χ4v) is 1.61. The van der Waals surface area contributed by atoms with Crippen molar-refractivity contribution in [3.8, 4) is 0 Å². The molecule has 1 aromatic rings. The van der Waals surface area contributed by atoms with Gasteiger partial charge in [-0.2, -0.15) is 0 Å². The van der Waals surface area contributed by atoms with E-state index in [4.69, 9.17) is 9.15 Å². The minimum Gasteiger partial charge on any atom is -0.468 e. The fraction of sp³-hybridized carbons (Fsp3) is 0.714. The molecule has 0 fully saturated rings. The summed E-state index contributed by atoms with van der Waals surface area (Å²) in [4.78, 5) is 2.17. The van der Waals surface area contributed by atoms with Gasteiger partial charge in [0.1, 0.15) is 5.76 Å². The fourth-order valence-electron chi connectivity index (χ4n) is 1.61. The molecule has 0 atom stereocenters. The van der Waals surface area contributed by atoms with Crippen molar-refractivity contribution < 1.29 is 9.15 Å². The summed E-state index contributed by atoms with van der Waals surface area (Å²) in [6.45, 7) is 7.51. The Hall–Kier alpha value is -0.840. The van der Waals surface area contributed by atoms with Crippen molar-refractivity contribution in [3.05, 3.63) is 23.7 Å². The number of nitrogens with zero attached hydrogens (tertiary/aromatic N) is 1. The maximum absolute atomic E-state index is 5.66. The van der Waals surface area contributed by atoms with E-state index in [0.717, 1.165) is 37.4 Å². The molecule has 0 unspecified atom stereocenters. The third-order valence-corrected chi connectivity index (χ3v) is 2.66. The molecular weight excluding hydrogens is 228 g/mol. The standard InChI is InChI=1S/C14H26N2O2/c1-12(2)15-10-14-13(6-9-18-14)11-17-8-5-7-16(3)4/h6,9,12,15H,5,7-8,10-11H2,1-4H3. The molecule has 0 saturated carbocycles. The summed E-state index contributed by atoms with van der Waals surface area (Å²) in [6, 6.07) is 2.45. The molecule has 0 spiro atoms. The molecule has 0 saturated heterocycles. The minimum absolute atomic E-state index is 0.462. The topological polar surface area (TPSA) is 37.6 Å². The Bertz CT molecular complexity index is 321. The zero-order valence-corrected chi connectivity index (χ0v) is 12.0. The molecule has 0 bridgehead atoms. The first-order chi connectivity index (χ1) is 8.59. The van der Waals surface area contributed by atoms with Crippen LogP contribution < -0.4 is 5.32 Å². The van der Waals surface area contributed by atoms with Crippen molar-refractivity contribution in [1.82, 2.24) is 10.2 Å². The van der Waals surface area contributed by atoms with Crippen LogP contribution in [0.1, 0.15) is 31.6 Å². The largest absolute Gasteiger partial charge is 0.468 e. The van der Waals surface area contributed by atoms with E-state index >= 15 is 0 Å². The molecule has 0 radical (unpaired) electrons. The molecule has 0 amide bonds. The monoisotopic (exact) mass is 254 g/mol. The smallest absolute Gasteiger partial charge is 0.123 e. The third kappa shape index (κ3) is 6.19. The maximum Gasteiger partial charge on any atom is 0.123 e. The quantitative estimate of drug-likeness (QED) is 0.686. The van der Waals surface area contributed by atoms with Gasteiger partial charge in [-0.15, -0.1) is 0 Å². The van der Waals surface area contributed by atoms with E-state index in [-0.39, 0.29) is 0 Å². The average Bonchev–Trinajstić information content (AvgIpc) is 2.73. The van der Waals surface area contributed by atoms with Gasteiger partial charge < -0.3 is 19.4 Å². The van der Waals surface area contributed by atoms with Crippen LogP contribution in [0.2, 0.25) is 0 Å². The second-order valence-corrected chi connectivity index (χ2v) is 5.11. The lowest BCUT2D eigenvalue weighted by atomic mass is 10.2. The van der Waals surface area contributed by atoms with Crippen LogP contribution in [-0.2, 0) is 17.9 Å². The average molecular weight is 254 g/mol. The van der Waals surface area contributed by atoms with Crippen molar-refractivity contribution in [2.24, 2.45) is 0 Å². The summed E-state index contributed by atoms with van der Waals surface area (Å²) < 4.78 is 11.1. The van der Waals surface area contributed by atoms with Crippen LogP contribution >= 0.6 is 0 Å². The summed E-state index contributed by atoms with van der Waals surface area (Å²) in [5.74, 6) is 0.983. The lowest BCUT2D eigenvalue weighted by Crippen LogP contribution is -2.22. The Morgan fingerprint density at radius 2 is 2.17 bits per heavy atom. The van der Waals surface area contributed by atoms with E-state index in [2.05, 4.69) is 38.2 Å². The summed E-state index contributed by atoms with van der Waals surface area (Å²) >= 11 is 0. The molecule has 4 heteroatoms. The Morgan fingerprint density at radius 3 is 2.83 bits per heavy atom. The highest BCUT2D eigenvalue weighted by molar-refractivity contribution is 5.15. The van der Waals surface area contributed by atoms with Gasteiger partial charge in [0.15, 0.2) is 0 Å². The van der Waals surface area contributed by atoms with E-state index in [1.54, 1.807) is 6.26 Å². The predicted molar refractivity (Wildman–Crippen MR) is 73.5 cm³/mol. The number of hydrogen-bond acceptors (Lipinski definition) is 4. The molecular formula is C14H26N2O2. The molecule has 1 aromatic heterocycles. The lowest BCUT2D eigenvalue weighted by Gasteiger charge is -2.10. The third-order valence-electron chi connectivity index (χ3n) is 2.66. The van der Waals surface area contributed by atoms with E-state index in [0.29, 0.717) is 12.6 Å². The summed E-state index contributed by atoms with van der Waals surface area (Å²) in [5.41, 5.74) is 1.15. The molecule has 4 nitrogen and oxygen atoms in total. The Morgan fingerprint density at radius 1 is 1.39 bits per heavy atom. The van der Waals surface area contributed by atoms with Crippen molar-refractivity contribution in [2.45, 2.75) is 39.5 Å². The Kier molecular flexibility index (Phi) is 7.01. The number of furan rings is 1. The molecule has 0 aliphatic heterocycles. The van der Waals surface area contributed by atoms with Crippen LogP contribution in [0.15, 0.2) is 16.7 Å². The first kappa shape index (κ1) is 15.2. The van der Waals surface area contributed by atoms with Crippen molar-refractivity contribution >= 4 is 0 Å². The maximum atomic E-state index is 5.66. The van der Waals surface area contributed by atoms with Crippen molar-refractivity contribution in [2.75, 3.05) is 27.2 Å². The number of nitrogens with one attached hydrogen (secondary N) is 1. The van der Waals surface area contributed by atoms with Crippen molar-refractivity contribution in [1.29, 1.82) is 0 Å². The number of rotatable bonds is 9. The molecule has 0 aromatic carbocycles. The van der Waals surface area contributed by atoms with Crippen LogP contribution in [-0.4, -0.2) is 38.2 Å². The Balaban J connectivity index is 2.23. The Labute approximate surface area is 110 Å². The van der Waals surface area contributed by atoms with Crippen LogP contribution in [0.4, 0.5) is 0 Å². The summed E-state index contributed by atoms with van der Waals surface area (Å²) in [6.07, 6.45) is 2.79. The van der Waals surface area contributed by atoms with Gasteiger partial charge in [0.25, 0.3) is 0 Å². The van der Waals surface area contributed by atoms with Gasteiger partial charge in [-0.05, 0) is 33.1 Å². The zero-order valence-electron chi connectivity index (χ0n) is 12.0. The van der Waals surface area contributed by atoms with Crippen LogP contribution in [0.25, 0.3) is 0 Å². The van der Waals surface area contributed by atoms with E-state index in [1.807, 2.05) is 6.07 Å². The van der Waals surface area contributed by atoms with Crippen molar-refractivity contribution in [3.63, 3.8) is 0 Å².